The minimum Gasteiger partial charge on any atom is -0.378 e. The van der Waals surface area contributed by atoms with Gasteiger partial charge in [-0.2, -0.15) is 8.42 Å². The van der Waals surface area contributed by atoms with Crippen LogP contribution in [0.15, 0.2) is 45.8 Å². The first-order valence-electron chi connectivity index (χ1n) is 7.82. The monoisotopic (exact) mass is 423 g/mol. The molecule has 1 amide bonds. The lowest BCUT2D eigenvalue weighted by Crippen LogP contribution is -2.33. The number of nitrogens with zero attached hydrogens (tertiary/aromatic N) is 1. The summed E-state index contributed by atoms with van der Waals surface area (Å²) < 4.78 is 31.1. The van der Waals surface area contributed by atoms with Gasteiger partial charge in [-0.05, 0) is 77.7 Å². The van der Waals surface area contributed by atoms with E-state index in [4.69, 9.17) is 4.18 Å². The Hall–Kier alpha value is -1.86. The predicted octanol–water partition coefficient (Wildman–Crippen LogP) is 3.82. The topological polar surface area (TPSA) is 63.7 Å². The second kappa shape index (κ2) is 6.46. The Kier molecular flexibility index (Phi) is 4.64. The van der Waals surface area contributed by atoms with Crippen molar-refractivity contribution in [1.29, 1.82) is 0 Å². The molecule has 2 aromatic carbocycles. The molecule has 3 rings (SSSR count). The van der Waals surface area contributed by atoms with Crippen LogP contribution in [-0.2, 0) is 21.3 Å². The molecule has 7 heteroatoms. The van der Waals surface area contributed by atoms with Crippen LogP contribution in [0.2, 0.25) is 0 Å². The van der Waals surface area contributed by atoms with Crippen molar-refractivity contribution >= 4 is 37.6 Å². The van der Waals surface area contributed by atoms with Crippen molar-refractivity contribution in [2.45, 2.75) is 38.1 Å². The molecule has 2 aromatic rings. The Morgan fingerprint density at radius 3 is 2.60 bits per heavy atom. The molecule has 1 aliphatic heterocycles. The van der Waals surface area contributed by atoms with E-state index in [2.05, 4.69) is 15.9 Å². The van der Waals surface area contributed by atoms with E-state index in [1.165, 1.54) is 13.0 Å². The molecule has 0 aromatic heterocycles. The third-order valence-electron chi connectivity index (χ3n) is 4.18. The minimum absolute atomic E-state index is 0.0117. The van der Waals surface area contributed by atoms with Crippen LogP contribution in [0.3, 0.4) is 0 Å². The van der Waals surface area contributed by atoms with Crippen molar-refractivity contribution in [3.8, 4) is 5.75 Å². The van der Waals surface area contributed by atoms with Crippen LogP contribution in [0.4, 0.5) is 5.69 Å². The van der Waals surface area contributed by atoms with E-state index >= 15 is 0 Å². The van der Waals surface area contributed by atoms with Crippen molar-refractivity contribution in [3.63, 3.8) is 0 Å². The molecule has 132 valence electrons. The smallest absolute Gasteiger partial charge is 0.339 e. The summed E-state index contributed by atoms with van der Waals surface area (Å²) in [5, 5.41) is 0. The third kappa shape index (κ3) is 3.43. The van der Waals surface area contributed by atoms with Gasteiger partial charge in [-0.15, -0.1) is 0 Å². The summed E-state index contributed by atoms with van der Waals surface area (Å²) in [5.41, 5.74) is 2.58. The van der Waals surface area contributed by atoms with Crippen LogP contribution in [0.25, 0.3) is 0 Å². The van der Waals surface area contributed by atoms with E-state index in [-0.39, 0.29) is 22.6 Å². The summed E-state index contributed by atoms with van der Waals surface area (Å²) in [6, 6.07) is 9.93. The van der Waals surface area contributed by atoms with E-state index < -0.39 is 10.1 Å². The molecule has 5 nitrogen and oxygen atoms in total. The summed E-state index contributed by atoms with van der Waals surface area (Å²) in [4.78, 5) is 13.5. The average molecular weight is 424 g/mol. The molecule has 0 aliphatic carbocycles. The fraction of sp³-hybridized carbons (Fsp3) is 0.278. The van der Waals surface area contributed by atoms with Crippen molar-refractivity contribution < 1.29 is 17.4 Å². The van der Waals surface area contributed by atoms with Gasteiger partial charge >= 0.3 is 10.1 Å². The molecule has 0 N–H and O–H groups in total. The fourth-order valence-corrected chi connectivity index (χ4v) is 4.76. The number of rotatable bonds is 3. The number of fused-ring (bicyclic) bond motifs is 1. The molecule has 0 fully saturated rings. The Balaban J connectivity index is 1.94. The van der Waals surface area contributed by atoms with Gasteiger partial charge in [0.1, 0.15) is 4.90 Å². The second-order valence-corrected chi connectivity index (χ2v) is 8.60. The third-order valence-corrected chi connectivity index (χ3v) is 6.03. The lowest BCUT2D eigenvalue weighted by atomic mass is 10.1. The summed E-state index contributed by atoms with van der Waals surface area (Å²) in [6.45, 7) is 5.36. The zero-order chi connectivity index (χ0) is 18.4. The molecule has 1 unspecified atom stereocenters. The second-order valence-electron chi connectivity index (χ2n) is 6.20. The summed E-state index contributed by atoms with van der Waals surface area (Å²) in [5.74, 6) is 0.187. The van der Waals surface area contributed by atoms with Crippen molar-refractivity contribution in [3.05, 3.63) is 52.0 Å². The van der Waals surface area contributed by atoms with Crippen molar-refractivity contribution in [2.75, 3.05) is 4.90 Å². The molecule has 1 aliphatic rings. The summed E-state index contributed by atoms with van der Waals surface area (Å²) >= 11 is 3.32. The van der Waals surface area contributed by atoms with Gasteiger partial charge < -0.3 is 9.08 Å². The molecule has 0 saturated heterocycles. The average Bonchev–Trinajstić information content (AvgIpc) is 2.85. The number of carbonyl (C=O) groups excluding carboxylic acids is 1. The maximum atomic E-state index is 12.6. The molecule has 0 spiro atoms. The van der Waals surface area contributed by atoms with E-state index in [1.54, 1.807) is 35.2 Å². The molecule has 0 radical (unpaired) electrons. The number of carbonyl (C=O) groups is 1. The highest BCUT2D eigenvalue weighted by Crippen LogP contribution is 2.35. The number of benzene rings is 2. The standard InChI is InChI=1S/C18H18BrNO4S/c1-11-4-7-18(16(19)8-11)24-25(22,23)15-5-6-17-14(10-15)9-12(2)20(17)13(3)21/h4-8,10,12H,9H2,1-3H3. The predicted molar refractivity (Wildman–Crippen MR) is 99.5 cm³/mol. The Bertz CT molecular complexity index is 956. The zero-order valence-corrected chi connectivity index (χ0v) is 16.5. The highest BCUT2D eigenvalue weighted by Gasteiger charge is 2.30. The largest absolute Gasteiger partial charge is 0.378 e. The molecule has 1 heterocycles. The molecule has 25 heavy (non-hydrogen) atoms. The number of anilines is 1. The Morgan fingerprint density at radius 1 is 1.24 bits per heavy atom. The van der Waals surface area contributed by atoms with Crippen LogP contribution >= 0.6 is 15.9 Å². The quantitative estimate of drug-likeness (QED) is 0.703. The number of amides is 1. The first-order chi connectivity index (χ1) is 11.7. The van der Waals surface area contributed by atoms with Crippen LogP contribution in [0.5, 0.6) is 5.75 Å². The number of halogens is 1. The summed E-state index contributed by atoms with van der Waals surface area (Å²) in [6.07, 6.45) is 0.618. The van der Waals surface area contributed by atoms with Crippen molar-refractivity contribution in [2.24, 2.45) is 0 Å². The van der Waals surface area contributed by atoms with Crippen LogP contribution < -0.4 is 9.08 Å². The molecule has 0 bridgehead atoms. The van der Waals surface area contributed by atoms with Crippen LogP contribution in [0.1, 0.15) is 25.0 Å². The molecule has 0 saturated carbocycles. The summed E-state index contributed by atoms with van der Waals surface area (Å²) in [7, 11) is -3.96. The number of aryl methyl sites for hydroxylation is 1. The Morgan fingerprint density at radius 2 is 1.96 bits per heavy atom. The van der Waals surface area contributed by atoms with E-state index in [0.29, 0.717) is 10.9 Å². The first kappa shape index (κ1) is 17.9. The van der Waals surface area contributed by atoms with E-state index in [0.717, 1.165) is 16.8 Å². The highest BCUT2D eigenvalue weighted by atomic mass is 79.9. The SMILES string of the molecule is CC(=O)N1c2ccc(S(=O)(=O)Oc3ccc(C)cc3Br)cc2CC1C. The maximum Gasteiger partial charge on any atom is 0.339 e. The number of hydrogen-bond donors (Lipinski definition) is 0. The van der Waals surface area contributed by atoms with Gasteiger partial charge in [0.2, 0.25) is 5.91 Å². The van der Waals surface area contributed by atoms with Gasteiger partial charge in [-0.3, -0.25) is 4.79 Å². The van der Waals surface area contributed by atoms with Gasteiger partial charge in [0, 0.05) is 18.7 Å². The molecule has 1 atom stereocenters. The normalized spacial score (nSPS) is 16.6. The van der Waals surface area contributed by atoms with Crippen LogP contribution in [0, 0.1) is 6.92 Å². The first-order valence-corrected chi connectivity index (χ1v) is 10.0. The van der Waals surface area contributed by atoms with Gasteiger partial charge in [0.05, 0.1) is 4.47 Å². The minimum atomic E-state index is -3.96. The molecular weight excluding hydrogens is 406 g/mol. The van der Waals surface area contributed by atoms with Gasteiger partial charge in [-0.25, -0.2) is 0 Å². The maximum absolute atomic E-state index is 12.6. The number of hydrogen-bond acceptors (Lipinski definition) is 4. The zero-order valence-electron chi connectivity index (χ0n) is 14.1. The van der Waals surface area contributed by atoms with E-state index in [1.807, 2.05) is 13.8 Å². The van der Waals surface area contributed by atoms with Crippen molar-refractivity contribution in [1.82, 2.24) is 0 Å². The lowest BCUT2D eigenvalue weighted by molar-refractivity contribution is -0.116. The lowest BCUT2D eigenvalue weighted by Gasteiger charge is -2.20. The van der Waals surface area contributed by atoms with E-state index in [9.17, 15) is 13.2 Å². The molecular formula is C18H18BrNO4S. The van der Waals surface area contributed by atoms with Gasteiger partial charge in [0.15, 0.2) is 5.75 Å². The fourth-order valence-electron chi connectivity index (χ4n) is 3.08. The van der Waals surface area contributed by atoms with Crippen LogP contribution in [-0.4, -0.2) is 20.4 Å². The van der Waals surface area contributed by atoms with Gasteiger partial charge in [0.25, 0.3) is 0 Å². The Labute approximate surface area is 155 Å². The highest BCUT2D eigenvalue weighted by molar-refractivity contribution is 9.10. The van der Waals surface area contributed by atoms with Gasteiger partial charge in [-0.1, -0.05) is 6.07 Å².